The second kappa shape index (κ2) is 9.22. The Bertz CT molecular complexity index is 1200. The molecule has 2 aromatic rings. The van der Waals surface area contributed by atoms with E-state index in [1.54, 1.807) is 12.1 Å². The number of anilines is 2. The summed E-state index contributed by atoms with van der Waals surface area (Å²) in [6.07, 6.45) is 0.697. The number of amides is 3. The van der Waals surface area contributed by atoms with E-state index >= 15 is 0 Å². The van der Waals surface area contributed by atoms with Crippen LogP contribution in [-0.2, 0) is 19.1 Å². The van der Waals surface area contributed by atoms with Crippen LogP contribution in [0.1, 0.15) is 22.3 Å². The number of hydrogen-bond acceptors (Lipinski definition) is 5. The summed E-state index contributed by atoms with van der Waals surface area (Å²) < 4.78 is 6.03. The number of alkyl halides is 2. The largest absolute Gasteiger partial charge is 0.452 e. The number of carbonyl (C=O) groups excluding carboxylic acids is 4. The van der Waals surface area contributed by atoms with Gasteiger partial charge in [-0.2, -0.15) is 0 Å². The van der Waals surface area contributed by atoms with Gasteiger partial charge in [0.05, 0.1) is 33.8 Å². The topological polar surface area (TPSA) is 92.8 Å². The van der Waals surface area contributed by atoms with Crippen molar-refractivity contribution in [1.29, 1.82) is 0 Å². The van der Waals surface area contributed by atoms with Crippen molar-refractivity contribution in [2.75, 3.05) is 16.8 Å². The number of hydrogen-bond donors (Lipinski definition) is 1. The van der Waals surface area contributed by atoms with Gasteiger partial charge in [0.2, 0.25) is 11.8 Å². The maximum absolute atomic E-state index is 13.1. The van der Waals surface area contributed by atoms with Crippen LogP contribution in [0.3, 0.4) is 0 Å². The molecule has 2 aromatic carbocycles. The standard InChI is InChI=1S/C25H21BrCl2N2O5/c1-11-8-13(4-7-17(11)26)29-18(31)10-35-25(34)12-2-5-14(6-3-12)30-23(32)19-15-9-16(20(19)24(30)33)22(28)21(15)27/h2-8,15-16,19-22H,9-10H2,1H3,(H,29,31)/t15-,16-,19-,20+,21-,22+/m1/s1. The van der Waals surface area contributed by atoms with Crippen LogP contribution in [-0.4, -0.2) is 41.1 Å². The number of fused-ring (bicyclic) bond motifs is 5. The molecule has 6 atom stereocenters. The van der Waals surface area contributed by atoms with Crippen molar-refractivity contribution in [2.45, 2.75) is 24.1 Å². The lowest BCUT2D eigenvalue weighted by molar-refractivity contribution is -0.123. The van der Waals surface area contributed by atoms with Gasteiger partial charge in [-0.15, -0.1) is 23.2 Å². The van der Waals surface area contributed by atoms with Gasteiger partial charge in [-0.1, -0.05) is 15.9 Å². The second-order valence-electron chi connectivity index (χ2n) is 9.15. The molecule has 2 saturated carbocycles. The fourth-order valence-corrected chi connectivity index (χ4v) is 6.62. The van der Waals surface area contributed by atoms with Crippen LogP contribution in [0.2, 0.25) is 0 Å². The number of ether oxygens (including phenoxy) is 1. The number of halogens is 3. The van der Waals surface area contributed by atoms with Crippen molar-refractivity contribution >= 4 is 74.2 Å². The van der Waals surface area contributed by atoms with Gasteiger partial charge in [-0.3, -0.25) is 19.3 Å². The zero-order valence-corrected chi connectivity index (χ0v) is 21.6. The van der Waals surface area contributed by atoms with E-state index in [1.807, 2.05) is 13.0 Å². The number of nitrogens with one attached hydrogen (secondary N) is 1. The van der Waals surface area contributed by atoms with Crippen molar-refractivity contribution < 1.29 is 23.9 Å². The van der Waals surface area contributed by atoms with Gasteiger partial charge in [-0.25, -0.2) is 4.79 Å². The lowest BCUT2D eigenvalue weighted by atomic mass is 9.80. The monoisotopic (exact) mass is 578 g/mol. The Kier molecular flexibility index (Phi) is 6.40. The molecule has 10 heteroatoms. The summed E-state index contributed by atoms with van der Waals surface area (Å²) in [7, 11) is 0. The zero-order valence-electron chi connectivity index (χ0n) is 18.5. The van der Waals surface area contributed by atoms with E-state index in [0.29, 0.717) is 17.8 Å². The van der Waals surface area contributed by atoms with E-state index in [4.69, 9.17) is 27.9 Å². The van der Waals surface area contributed by atoms with E-state index in [1.165, 1.54) is 29.2 Å². The average molecular weight is 580 g/mol. The molecule has 182 valence electrons. The summed E-state index contributed by atoms with van der Waals surface area (Å²) in [6.45, 7) is 1.44. The van der Waals surface area contributed by atoms with Gasteiger partial charge in [0.25, 0.3) is 5.91 Å². The van der Waals surface area contributed by atoms with E-state index in [-0.39, 0.29) is 40.0 Å². The van der Waals surface area contributed by atoms with Gasteiger partial charge in [-0.05, 0) is 73.2 Å². The average Bonchev–Trinajstić information content (AvgIpc) is 3.45. The summed E-state index contributed by atoms with van der Waals surface area (Å²) in [5.74, 6) is -2.78. The van der Waals surface area contributed by atoms with Crippen LogP contribution in [0.4, 0.5) is 11.4 Å². The molecule has 7 nitrogen and oxygen atoms in total. The quantitative estimate of drug-likeness (QED) is 0.319. The molecule has 0 unspecified atom stereocenters. The fraction of sp³-hybridized carbons (Fsp3) is 0.360. The first-order valence-electron chi connectivity index (χ1n) is 11.2. The summed E-state index contributed by atoms with van der Waals surface area (Å²) in [6, 6.07) is 11.3. The van der Waals surface area contributed by atoms with Crippen LogP contribution in [0.25, 0.3) is 0 Å². The maximum atomic E-state index is 13.1. The summed E-state index contributed by atoms with van der Waals surface area (Å²) in [4.78, 5) is 51.9. The van der Waals surface area contributed by atoms with Crippen LogP contribution >= 0.6 is 39.1 Å². The number of esters is 1. The molecule has 3 amide bonds. The molecular weight excluding hydrogens is 559 g/mol. The van der Waals surface area contributed by atoms with Crippen LogP contribution in [0.5, 0.6) is 0 Å². The first kappa shape index (κ1) is 24.3. The van der Waals surface area contributed by atoms with Crippen molar-refractivity contribution in [3.63, 3.8) is 0 Å². The van der Waals surface area contributed by atoms with Gasteiger partial charge in [0, 0.05) is 10.2 Å². The highest BCUT2D eigenvalue weighted by Crippen LogP contribution is 2.59. The normalized spacial score (nSPS) is 28.9. The van der Waals surface area contributed by atoms with E-state index in [0.717, 1.165) is 10.0 Å². The highest BCUT2D eigenvalue weighted by Gasteiger charge is 2.66. The lowest BCUT2D eigenvalue weighted by Crippen LogP contribution is -2.37. The second-order valence-corrected chi connectivity index (χ2v) is 11.0. The molecule has 3 aliphatic rings. The van der Waals surface area contributed by atoms with E-state index in [9.17, 15) is 19.2 Å². The molecule has 1 saturated heterocycles. The smallest absolute Gasteiger partial charge is 0.338 e. The highest BCUT2D eigenvalue weighted by molar-refractivity contribution is 9.10. The number of aryl methyl sites for hydroxylation is 1. The van der Waals surface area contributed by atoms with Crippen LogP contribution < -0.4 is 10.2 Å². The highest BCUT2D eigenvalue weighted by atomic mass is 79.9. The van der Waals surface area contributed by atoms with Gasteiger partial charge < -0.3 is 10.1 Å². The number of carbonyl (C=O) groups is 4. The molecule has 2 bridgehead atoms. The first-order chi connectivity index (χ1) is 16.7. The Labute approximate surface area is 220 Å². The number of benzene rings is 2. The minimum Gasteiger partial charge on any atom is -0.452 e. The fourth-order valence-electron chi connectivity index (χ4n) is 5.48. The molecule has 1 aliphatic heterocycles. The Morgan fingerprint density at radius 2 is 1.63 bits per heavy atom. The van der Waals surface area contributed by atoms with Crippen molar-refractivity contribution in [2.24, 2.45) is 23.7 Å². The van der Waals surface area contributed by atoms with Crippen LogP contribution in [0, 0.1) is 30.6 Å². The van der Waals surface area contributed by atoms with Gasteiger partial charge in [0.15, 0.2) is 6.61 Å². The molecule has 35 heavy (non-hydrogen) atoms. The molecule has 0 radical (unpaired) electrons. The number of imide groups is 1. The Balaban J connectivity index is 1.21. The van der Waals surface area contributed by atoms with Gasteiger partial charge in [0.1, 0.15) is 0 Å². The number of nitrogens with zero attached hydrogens (tertiary/aromatic N) is 1. The summed E-state index contributed by atoms with van der Waals surface area (Å²) in [5, 5.41) is 2.04. The Hall–Kier alpha value is -2.42. The molecule has 0 spiro atoms. The van der Waals surface area contributed by atoms with E-state index < -0.39 is 30.3 Å². The molecule has 1 heterocycles. The lowest BCUT2D eigenvalue weighted by Gasteiger charge is -2.28. The molecule has 0 aromatic heterocycles. The molecular formula is C25H21BrCl2N2O5. The molecule has 3 fully saturated rings. The predicted octanol–water partition coefficient (Wildman–Crippen LogP) is 4.52. The van der Waals surface area contributed by atoms with Crippen LogP contribution in [0.15, 0.2) is 46.9 Å². The Morgan fingerprint density at radius 1 is 1.03 bits per heavy atom. The third kappa shape index (κ3) is 4.15. The molecule has 1 N–H and O–H groups in total. The third-order valence-electron chi connectivity index (χ3n) is 7.12. The Morgan fingerprint density at radius 3 is 2.20 bits per heavy atom. The molecule has 2 aliphatic carbocycles. The predicted molar refractivity (Wildman–Crippen MR) is 135 cm³/mol. The summed E-state index contributed by atoms with van der Waals surface area (Å²) >= 11 is 16.2. The zero-order chi connectivity index (χ0) is 25.0. The van der Waals surface area contributed by atoms with Crippen molar-refractivity contribution in [3.05, 3.63) is 58.1 Å². The van der Waals surface area contributed by atoms with Crippen molar-refractivity contribution in [3.8, 4) is 0 Å². The van der Waals surface area contributed by atoms with E-state index in [2.05, 4.69) is 21.2 Å². The minimum absolute atomic E-state index is 0.0997. The summed E-state index contributed by atoms with van der Waals surface area (Å²) in [5.41, 5.74) is 2.12. The van der Waals surface area contributed by atoms with Crippen molar-refractivity contribution in [1.82, 2.24) is 0 Å². The maximum Gasteiger partial charge on any atom is 0.338 e. The van der Waals surface area contributed by atoms with Gasteiger partial charge >= 0.3 is 5.97 Å². The number of rotatable bonds is 5. The first-order valence-corrected chi connectivity index (χ1v) is 12.8. The third-order valence-corrected chi connectivity index (χ3v) is 9.33. The minimum atomic E-state index is -0.692. The SMILES string of the molecule is Cc1cc(NC(=O)COC(=O)c2ccc(N3C(=O)[C@@H]4[C@H]5C[C@@H]([C@H](Cl)[C@@H]5Cl)[C@@H]4C3=O)cc2)ccc1Br. The molecule has 5 rings (SSSR count).